The monoisotopic (exact) mass is 541 g/mol. The zero-order chi connectivity index (χ0) is 26.8. The summed E-state index contributed by atoms with van der Waals surface area (Å²) in [7, 11) is -7.55. The predicted molar refractivity (Wildman–Crippen MR) is 131 cm³/mol. The molecule has 4 aromatic carbocycles. The Morgan fingerprint density at radius 1 is 0.757 bits per heavy atom. The van der Waals surface area contributed by atoms with E-state index in [-0.39, 0.29) is 32.7 Å². The van der Waals surface area contributed by atoms with Crippen molar-refractivity contribution in [1.82, 2.24) is 0 Å². The van der Waals surface area contributed by atoms with Gasteiger partial charge < -0.3 is 14.4 Å². The van der Waals surface area contributed by atoms with Crippen molar-refractivity contribution in [2.75, 3.05) is 7.11 Å². The number of phenols is 1. The van der Waals surface area contributed by atoms with Crippen molar-refractivity contribution in [2.24, 2.45) is 20.5 Å². The largest absolute Gasteiger partial charge is 0.744 e. The van der Waals surface area contributed by atoms with Crippen molar-refractivity contribution < 1.29 is 35.8 Å². The molecular formula is C23H17N4O8S2-. The quantitative estimate of drug-likeness (QED) is 0.225. The smallest absolute Gasteiger partial charge is 0.294 e. The normalized spacial score (nSPS) is 12.5. The molecule has 37 heavy (non-hydrogen) atoms. The van der Waals surface area contributed by atoms with Gasteiger partial charge >= 0.3 is 0 Å². The lowest BCUT2D eigenvalue weighted by atomic mass is 10.1. The molecule has 12 nitrogen and oxygen atoms in total. The summed E-state index contributed by atoms with van der Waals surface area (Å²) < 4.78 is 70.5. The summed E-state index contributed by atoms with van der Waals surface area (Å²) >= 11 is 0. The van der Waals surface area contributed by atoms with E-state index < -0.39 is 20.2 Å². The van der Waals surface area contributed by atoms with Gasteiger partial charge in [0.05, 0.1) is 28.3 Å². The summed E-state index contributed by atoms with van der Waals surface area (Å²) in [4.78, 5) is -0.676. The lowest BCUT2D eigenvalue weighted by Gasteiger charge is -2.07. The Kier molecular flexibility index (Phi) is 7.00. The molecule has 0 amide bonds. The van der Waals surface area contributed by atoms with Gasteiger partial charge in [-0.15, -0.1) is 10.2 Å². The van der Waals surface area contributed by atoms with Crippen molar-refractivity contribution >= 4 is 53.8 Å². The van der Waals surface area contributed by atoms with Crippen LogP contribution in [0.3, 0.4) is 0 Å². The summed E-state index contributed by atoms with van der Waals surface area (Å²) in [5.41, 5.74) is 1.06. The third-order valence-electron chi connectivity index (χ3n) is 5.07. The maximum Gasteiger partial charge on any atom is 0.294 e. The second kappa shape index (κ2) is 10.0. The minimum atomic E-state index is -4.56. The van der Waals surface area contributed by atoms with Crippen LogP contribution in [0, 0.1) is 0 Å². The number of azo groups is 2. The van der Waals surface area contributed by atoms with E-state index in [0.29, 0.717) is 22.1 Å². The SMILES string of the molecule is COc1cc(N=Nc2ccc(S(=O)(=O)[O-])cc2)ccc1N=Nc1c(O)ccc2cc(S(=O)(=O)O)ccc12. The molecule has 0 aliphatic carbocycles. The number of hydrogen-bond donors (Lipinski definition) is 2. The standard InChI is InChI=1S/C23H18N4O8S2/c1-35-22-13-16(25-24-15-3-6-17(7-4-15)36(29,30)31)5-10-20(22)26-27-23-19-9-8-18(37(32,33)34)12-14(19)2-11-21(23)28/h2-13,28H,1H3,(H,29,30,31)(H,32,33,34)/p-1. The molecule has 2 N–H and O–H groups in total. The summed E-state index contributed by atoms with van der Waals surface area (Å²) in [6, 6.07) is 16.2. The van der Waals surface area contributed by atoms with Crippen molar-refractivity contribution in [3.05, 3.63) is 72.8 Å². The number of benzene rings is 4. The van der Waals surface area contributed by atoms with Crippen LogP contribution in [-0.4, -0.2) is 38.2 Å². The van der Waals surface area contributed by atoms with Crippen molar-refractivity contribution in [2.45, 2.75) is 9.79 Å². The highest BCUT2D eigenvalue weighted by Gasteiger charge is 2.13. The number of hydrogen-bond acceptors (Lipinski definition) is 11. The fraction of sp³-hybridized carbons (Fsp3) is 0.0435. The first kappa shape index (κ1) is 25.8. The van der Waals surface area contributed by atoms with Crippen LogP contribution < -0.4 is 4.74 Å². The number of phenolic OH excluding ortho intramolecular Hbond substituents is 1. The van der Waals surface area contributed by atoms with Gasteiger partial charge in [0.15, 0.2) is 0 Å². The molecule has 0 aliphatic rings. The number of rotatable bonds is 7. The average molecular weight is 542 g/mol. The van der Waals surface area contributed by atoms with Crippen LogP contribution in [0.4, 0.5) is 22.7 Å². The Morgan fingerprint density at radius 2 is 1.41 bits per heavy atom. The van der Waals surface area contributed by atoms with Gasteiger partial charge in [0.1, 0.15) is 33.0 Å². The van der Waals surface area contributed by atoms with Gasteiger partial charge in [0.2, 0.25) is 0 Å². The minimum Gasteiger partial charge on any atom is -0.744 e. The molecule has 4 rings (SSSR count). The van der Waals surface area contributed by atoms with E-state index in [1.54, 1.807) is 12.1 Å². The van der Waals surface area contributed by atoms with Gasteiger partial charge in [-0.3, -0.25) is 4.55 Å². The molecule has 0 aliphatic heterocycles. The van der Waals surface area contributed by atoms with Gasteiger partial charge in [0, 0.05) is 11.5 Å². The van der Waals surface area contributed by atoms with Crippen LogP contribution >= 0.6 is 0 Å². The fourth-order valence-corrected chi connectivity index (χ4v) is 4.24. The molecule has 0 heterocycles. The second-order valence-electron chi connectivity index (χ2n) is 7.50. The molecule has 0 fully saturated rings. The van der Waals surface area contributed by atoms with Crippen LogP contribution in [0.1, 0.15) is 0 Å². The number of ether oxygens (including phenoxy) is 1. The lowest BCUT2D eigenvalue weighted by Crippen LogP contribution is -1.97. The Bertz CT molecular complexity index is 1770. The summed E-state index contributed by atoms with van der Waals surface area (Å²) in [5, 5.41) is 27.4. The lowest BCUT2D eigenvalue weighted by molar-refractivity contribution is 0.416. The molecule has 0 bridgehead atoms. The van der Waals surface area contributed by atoms with Crippen LogP contribution in [0.2, 0.25) is 0 Å². The van der Waals surface area contributed by atoms with E-state index in [4.69, 9.17) is 4.74 Å². The third kappa shape index (κ3) is 5.95. The van der Waals surface area contributed by atoms with Gasteiger partial charge in [-0.25, -0.2) is 8.42 Å². The van der Waals surface area contributed by atoms with Crippen LogP contribution in [0.15, 0.2) is 103 Å². The predicted octanol–water partition coefficient (Wildman–Crippen LogP) is 5.54. The zero-order valence-electron chi connectivity index (χ0n) is 18.9. The van der Waals surface area contributed by atoms with Gasteiger partial charge in [-0.2, -0.15) is 18.6 Å². The first-order valence-corrected chi connectivity index (χ1v) is 13.1. The summed E-state index contributed by atoms with van der Waals surface area (Å²) in [6.07, 6.45) is 0. The Balaban J connectivity index is 1.62. The first-order chi connectivity index (χ1) is 17.5. The minimum absolute atomic E-state index is 0.0775. The van der Waals surface area contributed by atoms with Crippen LogP contribution in [-0.2, 0) is 20.2 Å². The highest BCUT2D eigenvalue weighted by atomic mass is 32.2. The van der Waals surface area contributed by atoms with E-state index in [1.165, 1.54) is 55.6 Å². The molecule has 0 atom stereocenters. The summed E-state index contributed by atoms with van der Waals surface area (Å²) in [6.45, 7) is 0. The van der Waals surface area contributed by atoms with E-state index in [1.807, 2.05) is 0 Å². The summed E-state index contributed by atoms with van der Waals surface area (Å²) in [5.74, 6) is 0.0809. The van der Waals surface area contributed by atoms with Crippen molar-refractivity contribution in [3.63, 3.8) is 0 Å². The molecule has 14 heteroatoms. The maximum atomic E-state index is 11.4. The maximum absolute atomic E-state index is 11.4. The highest BCUT2D eigenvalue weighted by molar-refractivity contribution is 7.86. The first-order valence-electron chi connectivity index (χ1n) is 10.3. The molecule has 0 spiro atoms. The number of aromatic hydroxyl groups is 1. The zero-order valence-corrected chi connectivity index (χ0v) is 20.5. The number of fused-ring (bicyclic) bond motifs is 1. The van der Waals surface area contributed by atoms with E-state index in [9.17, 15) is 31.0 Å². The molecule has 0 radical (unpaired) electrons. The molecule has 0 saturated heterocycles. The van der Waals surface area contributed by atoms with Crippen LogP contribution in [0.5, 0.6) is 11.5 Å². The molecule has 0 unspecified atom stereocenters. The number of nitrogens with zero attached hydrogens (tertiary/aromatic N) is 4. The van der Waals surface area contributed by atoms with E-state index in [0.717, 1.165) is 12.1 Å². The van der Waals surface area contributed by atoms with Gasteiger partial charge in [-0.1, -0.05) is 12.1 Å². The van der Waals surface area contributed by atoms with Crippen molar-refractivity contribution in [1.29, 1.82) is 0 Å². The Labute approximate surface area is 211 Å². The highest BCUT2D eigenvalue weighted by Crippen LogP contribution is 2.39. The molecular weight excluding hydrogens is 524 g/mol. The third-order valence-corrected chi connectivity index (χ3v) is 6.77. The average Bonchev–Trinajstić information content (AvgIpc) is 2.86. The van der Waals surface area contributed by atoms with Crippen LogP contribution in [0.25, 0.3) is 10.8 Å². The second-order valence-corrected chi connectivity index (χ2v) is 10.3. The molecule has 0 aromatic heterocycles. The molecule has 190 valence electrons. The molecule has 4 aromatic rings. The Morgan fingerprint density at radius 3 is 2.05 bits per heavy atom. The number of methoxy groups -OCH3 is 1. The molecule has 0 saturated carbocycles. The fourth-order valence-electron chi connectivity index (χ4n) is 3.26. The van der Waals surface area contributed by atoms with E-state index >= 15 is 0 Å². The van der Waals surface area contributed by atoms with E-state index in [2.05, 4.69) is 20.5 Å². The topological polar surface area (TPSA) is 190 Å². The van der Waals surface area contributed by atoms with Crippen molar-refractivity contribution in [3.8, 4) is 11.5 Å². The van der Waals surface area contributed by atoms with Gasteiger partial charge in [-0.05, 0) is 60.0 Å². The Hall–Kier alpha value is -4.24. The van der Waals surface area contributed by atoms with Gasteiger partial charge in [0.25, 0.3) is 10.1 Å².